The first kappa shape index (κ1) is 28.4. The maximum Gasteiger partial charge on any atom is 0.494 e. The van der Waals surface area contributed by atoms with E-state index < -0.39 is 34.1 Å². The number of H-pyrrole nitrogens is 1. The van der Waals surface area contributed by atoms with E-state index in [1.807, 2.05) is 71.9 Å². The highest BCUT2D eigenvalue weighted by Gasteiger charge is 2.51. The summed E-state index contributed by atoms with van der Waals surface area (Å²) in [5, 5.41) is 3.60. The van der Waals surface area contributed by atoms with Gasteiger partial charge >= 0.3 is 7.12 Å². The van der Waals surface area contributed by atoms with Crippen LogP contribution in [0.4, 0.5) is 0 Å². The molecule has 5 rings (SSSR count). The summed E-state index contributed by atoms with van der Waals surface area (Å²) >= 11 is 6.23. The largest absolute Gasteiger partial charge is 0.494 e. The summed E-state index contributed by atoms with van der Waals surface area (Å²) in [5.74, 6) is -0.537. The Morgan fingerprint density at radius 2 is 1.52 bits per heavy atom. The molecule has 0 saturated carbocycles. The zero-order valence-corrected chi connectivity index (χ0v) is 25.0. The Hall–Kier alpha value is -3.11. The van der Waals surface area contributed by atoms with Gasteiger partial charge in [-0.3, -0.25) is 4.79 Å². The van der Waals surface area contributed by atoms with Crippen LogP contribution >= 0.6 is 11.6 Å². The second-order valence-corrected chi connectivity index (χ2v) is 13.7. The molecule has 3 aromatic carbocycles. The van der Waals surface area contributed by atoms with Crippen molar-refractivity contribution in [1.29, 1.82) is 0 Å². The lowest BCUT2D eigenvalue weighted by Gasteiger charge is -2.32. The first-order valence-electron chi connectivity index (χ1n) is 13.1. The number of amides is 1. The average Bonchev–Trinajstić information content (AvgIpc) is 3.35. The molecule has 4 aromatic rings. The number of sulfone groups is 1. The van der Waals surface area contributed by atoms with Crippen LogP contribution in [0.1, 0.15) is 54.9 Å². The molecule has 1 amide bonds. The predicted octanol–water partition coefficient (Wildman–Crippen LogP) is 5.50. The minimum absolute atomic E-state index is 0.0368. The quantitative estimate of drug-likeness (QED) is 0.295. The second-order valence-electron chi connectivity index (χ2n) is 11.4. The van der Waals surface area contributed by atoms with Gasteiger partial charge in [-0.15, -0.1) is 0 Å². The van der Waals surface area contributed by atoms with Gasteiger partial charge in [-0.1, -0.05) is 41.9 Å². The fourth-order valence-corrected chi connectivity index (χ4v) is 6.79. The van der Waals surface area contributed by atoms with Crippen LogP contribution in [-0.2, 0) is 25.7 Å². The van der Waals surface area contributed by atoms with Crippen LogP contribution in [0.3, 0.4) is 0 Å². The molecular weight excluding hydrogens is 547 g/mol. The molecule has 0 atom stereocenters. The number of carbonyl (C=O) groups excluding carboxylic acids is 1. The predicted molar refractivity (Wildman–Crippen MR) is 158 cm³/mol. The SMILES string of the molecule is Cc1cc(C)cc(S(=O)(=O)c2c(C(=O)NCc3ccc(B4OC(C)(C)C(C)(C)O4)cc3)[nH]c3ccc(Cl)cc23)c1. The number of nitrogens with one attached hydrogen (secondary N) is 2. The molecule has 0 radical (unpaired) electrons. The Morgan fingerprint density at radius 1 is 0.925 bits per heavy atom. The zero-order chi connectivity index (χ0) is 29.0. The summed E-state index contributed by atoms with van der Waals surface area (Å²) in [5.41, 5.74) is 2.93. The number of halogens is 1. The van der Waals surface area contributed by atoms with E-state index in [0.717, 1.165) is 22.2 Å². The van der Waals surface area contributed by atoms with Gasteiger partial charge in [-0.05, 0) is 94.0 Å². The summed E-state index contributed by atoms with van der Waals surface area (Å²) in [7, 11) is -4.54. The van der Waals surface area contributed by atoms with Crippen molar-refractivity contribution in [3.8, 4) is 0 Å². The molecule has 0 unspecified atom stereocenters. The van der Waals surface area contributed by atoms with E-state index in [-0.39, 0.29) is 22.0 Å². The first-order chi connectivity index (χ1) is 18.7. The Labute approximate surface area is 240 Å². The molecule has 1 saturated heterocycles. The molecule has 0 bridgehead atoms. The van der Waals surface area contributed by atoms with E-state index in [1.165, 1.54) is 0 Å². The minimum Gasteiger partial charge on any atom is -0.399 e. The lowest BCUT2D eigenvalue weighted by molar-refractivity contribution is 0.00578. The summed E-state index contributed by atoms with van der Waals surface area (Å²) in [4.78, 5) is 16.5. The standard InChI is InChI=1S/C30H32BClN2O5S/c1-18-13-19(2)15-23(14-18)40(36,37)27-24-16-22(32)11-12-25(24)34-26(27)28(35)33-17-20-7-9-21(10-8-20)31-38-29(3,4)30(5,6)39-31/h7-16,34H,17H2,1-6H3,(H,33,35). The molecule has 208 valence electrons. The van der Waals surface area contributed by atoms with Crippen molar-refractivity contribution >= 4 is 50.8 Å². The van der Waals surface area contributed by atoms with Gasteiger partial charge in [0.05, 0.1) is 16.1 Å². The molecule has 40 heavy (non-hydrogen) atoms. The van der Waals surface area contributed by atoms with E-state index in [0.29, 0.717) is 15.9 Å². The molecule has 1 fully saturated rings. The minimum atomic E-state index is -4.06. The Balaban J connectivity index is 1.42. The Morgan fingerprint density at radius 3 is 2.12 bits per heavy atom. The van der Waals surface area contributed by atoms with Crippen LogP contribution in [0.25, 0.3) is 10.9 Å². The third-order valence-electron chi connectivity index (χ3n) is 7.67. The smallest absolute Gasteiger partial charge is 0.399 e. The van der Waals surface area contributed by atoms with Gasteiger partial charge < -0.3 is 19.6 Å². The highest BCUT2D eigenvalue weighted by atomic mass is 35.5. The molecular formula is C30H32BClN2O5S. The molecule has 2 heterocycles. The molecule has 0 aliphatic carbocycles. The summed E-state index contributed by atoms with van der Waals surface area (Å²) in [6, 6.07) is 17.6. The van der Waals surface area contributed by atoms with E-state index in [4.69, 9.17) is 20.9 Å². The van der Waals surface area contributed by atoms with Gasteiger partial charge in [0.2, 0.25) is 9.84 Å². The third kappa shape index (κ3) is 5.19. The number of carbonyl (C=O) groups is 1. The van der Waals surface area contributed by atoms with E-state index in [1.54, 1.807) is 30.3 Å². The maximum atomic E-state index is 13.9. The van der Waals surface area contributed by atoms with Crippen molar-refractivity contribution in [3.63, 3.8) is 0 Å². The third-order valence-corrected chi connectivity index (χ3v) is 9.73. The van der Waals surface area contributed by atoms with Gasteiger partial charge in [0.15, 0.2) is 0 Å². The normalized spacial score (nSPS) is 16.4. The van der Waals surface area contributed by atoms with Gasteiger partial charge in [0, 0.05) is 22.5 Å². The van der Waals surface area contributed by atoms with E-state index in [9.17, 15) is 13.2 Å². The van der Waals surface area contributed by atoms with E-state index in [2.05, 4.69) is 10.3 Å². The molecule has 10 heteroatoms. The number of aryl methyl sites for hydroxylation is 2. The fourth-order valence-electron chi connectivity index (χ4n) is 4.83. The zero-order valence-electron chi connectivity index (χ0n) is 23.4. The van der Waals surface area contributed by atoms with Crippen molar-refractivity contribution in [2.75, 3.05) is 0 Å². The van der Waals surface area contributed by atoms with Crippen LogP contribution in [0.2, 0.25) is 5.02 Å². The van der Waals surface area contributed by atoms with Crippen LogP contribution in [-0.4, -0.2) is 37.6 Å². The molecule has 7 nitrogen and oxygen atoms in total. The highest BCUT2D eigenvalue weighted by molar-refractivity contribution is 7.91. The number of aromatic amines is 1. The Kier molecular flexibility index (Phi) is 7.15. The molecule has 1 aliphatic rings. The average molecular weight is 579 g/mol. The number of hydrogen-bond donors (Lipinski definition) is 2. The summed E-state index contributed by atoms with van der Waals surface area (Å²) in [6.07, 6.45) is 0. The van der Waals surface area contributed by atoms with Crippen molar-refractivity contribution < 1.29 is 22.5 Å². The summed E-state index contributed by atoms with van der Waals surface area (Å²) in [6.45, 7) is 11.9. The van der Waals surface area contributed by atoms with Gasteiger partial charge in [-0.2, -0.15) is 0 Å². The van der Waals surface area contributed by atoms with Crippen molar-refractivity contribution in [2.24, 2.45) is 0 Å². The van der Waals surface area contributed by atoms with Crippen molar-refractivity contribution in [1.82, 2.24) is 10.3 Å². The van der Waals surface area contributed by atoms with Crippen LogP contribution in [0.15, 0.2) is 70.5 Å². The van der Waals surface area contributed by atoms with Crippen molar-refractivity contribution in [3.05, 3.63) is 88.1 Å². The first-order valence-corrected chi connectivity index (χ1v) is 14.9. The lowest BCUT2D eigenvalue weighted by Crippen LogP contribution is -2.41. The van der Waals surface area contributed by atoms with Crippen LogP contribution < -0.4 is 10.8 Å². The molecule has 0 spiro atoms. The fraction of sp³-hybridized carbons (Fsp3) is 0.300. The summed E-state index contributed by atoms with van der Waals surface area (Å²) < 4.78 is 40.1. The maximum absolute atomic E-state index is 13.9. The number of rotatable bonds is 6. The van der Waals surface area contributed by atoms with Crippen LogP contribution in [0, 0.1) is 13.8 Å². The van der Waals surface area contributed by atoms with Crippen LogP contribution in [0.5, 0.6) is 0 Å². The van der Waals surface area contributed by atoms with Gasteiger partial charge in [0.25, 0.3) is 5.91 Å². The topological polar surface area (TPSA) is 97.5 Å². The molecule has 1 aliphatic heterocycles. The number of benzene rings is 3. The number of fused-ring (bicyclic) bond motifs is 1. The molecule has 2 N–H and O–H groups in total. The Bertz CT molecular complexity index is 1690. The number of aromatic nitrogens is 1. The van der Waals surface area contributed by atoms with E-state index >= 15 is 0 Å². The second kappa shape index (κ2) is 10.1. The van der Waals surface area contributed by atoms with Gasteiger partial charge in [0.1, 0.15) is 10.6 Å². The van der Waals surface area contributed by atoms with Gasteiger partial charge in [-0.25, -0.2) is 8.42 Å². The van der Waals surface area contributed by atoms with Crippen molar-refractivity contribution in [2.45, 2.75) is 69.1 Å². The molecule has 1 aromatic heterocycles. The highest BCUT2D eigenvalue weighted by Crippen LogP contribution is 2.37. The monoisotopic (exact) mass is 578 g/mol. The lowest BCUT2D eigenvalue weighted by atomic mass is 9.79. The number of hydrogen-bond acceptors (Lipinski definition) is 5.